The van der Waals surface area contributed by atoms with Crippen LogP contribution >= 0.6 is 0 Å². The maximum absolute atomic E-state index is 5.56. The molecule has 0 aromatic heterocycles. The summed E-state index contributed by atoms with van der Waals surface area (Å²) in [5.41, 5.74) is 0.524. The van der Waals surface area contributed by atoms with Crippen LogP contribution in [0.2, 0.25) is 0 Å². The van der Waals surface area contributed by atoms with Crippen LogP contribution in [0.1, 0.15) is 91.9 Å². The highest BCUT2D eigenvalue weighted by Crippen LogP contribution is 2.22. The number of hydrogen-bond donors (Lipinski definition) is 0. The molecule has 0 rings (SSSR count). The molecule has 0 radical (unpaired) electrons. The van der Waals surface area contributed by atoms with Gasteiger partial charge in [-0.25, -0.2) is 0 Å². The zero-order chi connectivity index (χ0) is 13.7. The Morgan fingerprint density at radius 1 is 0.667 bits per heavy atom. The fourth-order valence-electron chi connectivity index (χ4n) is 2.09. The monoisotopic (exact) mass is 256 g/mol. The van der Waals surface area contributed by atoms with Crippen molar-refractivity contribution in [2.75, 3.05) is 13.2 Å². The molecule has 0 saturated heterocycles. The van der Waals surface area contributed by atoms with Gasteiger partial charge in [-0.3, -0.25) is 0 Å². The molecule has 18 heavy (non-hydrogen) atoms. The second kappa shape index (κ2) is 12.0. The summed E-state index contributed by atoms with van der Waals surface area (Å²) in [7, 11) is 0. The predicted molar refractivity (Wildman–Crippen MR) is 82.1 cm³/mol. The molecule has 0 aliphatic rings. The fourth-order valence-corrected chi connectivity index (χ4v) is 2.09. The van der Waals surface area contributed by atoms with Gasteiger partial charge in [0.2, 0.25) is 0 Å². The third kappa shape index (κ3) is 16.0. The molecule has 0 amide bonds. The van der Waals surface area contributed by atoms with Crippen LogP contribution in [0.15, 0.2) is 0 Å². The molecule has 0 bridgehead atoms. The van der Waals surface area contributed by atoms with Crippen LogP contribution in [0.5, 0.6) is 0 Å². The quantitative estimate of drug-likeness (QED) is 0.391. The van der Waals surface area contributed by atoms with Gasteiger partial charge in [-0.2, -0.15) is 0 Å². The Hall–Kier alpha value is -0.0400. The van der Waals surface area contributed by atoms with Crippen molar-refractivity contribution in [3.8, 4) is 0 Å². The maximum Gasteiger partial charge on any atom is 0.0466 e. The van der Waals surface area contributed by atoms with Gasteiger partial charge in [0, 0.05) is 13.2 Å². The molecule has 110 valence electrons. The molecule has 0 aromatic rings. The molecule has 0 unspecified atom stereocenters. The van der Waals surface area contributed by atoms with Crippen molar-refractivity contribution < 1.29 is 4.74 Å². The van der Waals surface area contributed by atoms with E-state index in [4.69, 9.17) is 4.74 Å². The van der Waals surface area contributed by atoms with Gasteiger partial charge >= 0.3 is 0 Å². The van der Waals surface area contributed by atoms with E-state index in [1.165, 1.54) is 64.2 Å². The summed E-state index contributed by atoms with van der Waals surface area (Å²) < 4.78 is 5.56. The van der Waals surface area contributed by atoms with E-state index in [0.717, 1.165) is 13.2 Å². The Kier molecular flexibility index (Phi) is 12.0. The Morgan fingerprint density at radius 3 is 1.72 bits per heavy atom. The van der Waals surface area contributed by atoms with Crippen LogP contribution in [-0.4, -0.2) is 13.2 Å². The topological polar surface area (TPSA) is 9.23 Å². The summed E-state index contributed by atoms with van der Waals surface area (Å²) in [6.45, 7) is 11.2. The molecular weight excluding hydrogens is 220 g/mol. The molecule has 0 aliphatic heterocycles. The zero-order valence-electron chi connectivity index (χ0n) is 13.4. The van der Waals surface area contributed by atoms with Crippen molar-refractivity contribution >= 4 is 0 Å². The highest BCUT2D eigenvalue weighted by Gasteiger charge is 2.08. The Morgan fingerprint density at radius 2 is 1.17 bits per heavy atom. The Bertz CT molecular complexity index is 157. The van der Waals surface area contributed by atoms with Gasteiger partial charge < -0.3 is 4.74 Å². The summed E-state index contributed by atoms with van der Waals surface area (Å²) >= 11 is 0. The normalized spacial score (nSPS) is 12.0. The lowest BCUT2D eigenvalue weighted by atomic mass is 9.89. The minimum Gasteiger partial charge on any atom is -0.381 e. The van der Waals surface area contributed by atoms with Crippen LogP contribution in [0.4, 0.5) is 0 Å². The first-order valence-electron chi connectivity index (χ1n) is 8.14. The van der Waals surface area contributed by atoms with Crippen molar-refractivity contribution in [1.82, 2.24) is 0 Å². The molecular formula is C17H36O. The molecule has 0 saturated carbocycles. The van der Waals surface area contributed by atoms with Crippen molar-refractivity contribution in [3.05, 3.63) is 0 Å². The molecule has 1 heteroatoms. The minimum absolute atomic E-state index is 0.524. The van der Waals surface area contributed by atoms with Crippen LogP contribution in [0, 0.1) is 5.41 Å². The van der Waals surface area contributed by atoms with E-state index in [2.05, 4.69) is 27.7 Å². The summed E-state index contributed by atoms with van der Waals surface area (Å²) in [6, 6.07) is 0. The van der Waals surface area contributed by atoms with Crippen LogP contribution < -0.4 is 0 Å². The standard InChI is InChI=1S/C17H36O/c1-5-6-15-18-16-13-11-9-7-8-10-12-14-17(2,3)4/h5-16H2,1-4H3. The first-order valence-corrected chi connectivity index (χ1v) is 8.14. The lowest BCUT2D eigenvalue weighted by Crippen LogP contribution is -2.03. The second-order valence-corrected chi connectivity index (χ2v) is 6.75. The Balaban J connectivity index is 2.99. The predicted octanol–water partition coefficient (Wildman–Crippen LogP) is 5.97. The first kappa shape index (κ1) is 18.0. The summed E-state index contributed by atoms with van der Waals surface area (Å²) in [5.74, 6) is 0. The number of hydrogen-bond acceptors (Lipinski definition) is 1. The summed E-state index contributed by atoms with van der Waals surface area (Å²) in [6.07, 6.45) is 13.5. The molecule has 0 atom stereocenters. The smallest absolute Gasteiger partial charge is 0.0466 e. The van der Waals surface area contributed by atoms with Gasteiger partial charge in [0.05, 0.1) is 0 Å². The third-order valence-electron chi connectivity index (χ3n) is 3.36. The SMILES string of the molecule is CCCCOCCCCCCCCCC(C)(C)C. The van der Waals surface area contributed by atoms with Crippen LogP contribution in [0.25, 0.3) is 0 Å². The van der Waals surface area contributed by atoms with E-state index in [0.29, 0.717) is 5.41 Å². The molecule has 0 spiro atoms. The molecule has 0 heterocycles. The van der Waals surface area contributed by atoms with Crippen LogP contribution in [0.3, 0.4) is 0 Å². The number of unbranched alkanes of at least 4 members (excludes halogenated alkanes) is 7. The van der Waals surface area contributed by atoms with E-state index < -0.39 is 0 Å². The summed E-state index contributed by atoms with van der Waals surface area (Å²) in [5, 5.41) is 0. The van der Waals surface area contributed by atoms with E-state index in [1.54, 1.807) is 0 Å². The van der Waals surface area contributed by atoms with Gasteiger partial charge in [0.15, 0.2) is 0 Å². The van der Waals surface area contributed by atoms with E-state index in [9.17, 15) is 0 Å². The fraction of sp³-hybridized carbons (Fsp3) is 1.00. The van der Waals surface area contributed by atoms with Gasteiger partial charge in [-0.15, -0.1) is 0 Å². The molecule has 0 fully saturated rings. The zero-order valence-corrected chi connectivity index (χ0v) is 13.4. The van der Waals surface area contributed by atoms with Crippen LogP contribution in [-0.2, 0) is 4.74 Å². The molecule has 0 aromatic carbocycles. The molecule has 0 N–H and O–H groups in total. The highest BCUT2D eigenvalue weighted by atomic mass is 16.5. The van der Waals surface area contributed by atoms with Crippen molar-refractivity contribution in [2.24, 2.45) is 5.41 Å². The lowest BCUT2D eigenvalue weighted by molar-refractivity contribution is 0.127. The van der Waals surface area contributed by atoms with Gasteiger partial charge in [-0.05, 0) is 24.7 Å². The van der Waals surface area contributed by atoms with E-state index in [1.807, 2.05) is 0 Å². The van der Waals surface area contributed by atoms with Gasteiger partial charge in [0.1, 0.15) is 0 Å². The number of ether oxygens (including phenoxy) is 1. The third-order valence-corrected chi connectivity index (χ3v) is 3.36. The van der Waals surface area contributed by atoms with Crippen molar-refractivity contribution in [1.29, 1.82) is 0 Å². The largest absolute Gasteiger partial charge is 0.381 e. The van der Waals surface area contributed by atoms with Crippen molar-refractivity contribution in [3.63, 3.8) is 0 Å². The Labute approximate surface area is 116 Å². The summed E-state index contributed by atoms with van der Waals surface area (Å²) in [4.78, 5) is 0. The lowest BCUT2D eigenvalue weighted by Gasteiger charge is -2.17. The second-order valence-electron chi connectivity index (χ2n) is 6.75. The van der Waals surface area contributed by atoms with Crippen molar-refractivity contribution in [2.45, 2.75) is 91.9 Å². The van der Waals surface area contributed by atoms with E-state index in [-0.39, 0.29) is 0 Å². The van der Waals surface area contributed by atoms with Gasteiger partial charge in [-0.1, -0.05) is 72.6 Å². The first-order chi connectivity index (χ1) is 8.56. The maximum atomic E-state index is 5.56. The van der Waals surface area contributed by atoms with Gasteiger partial charge in [0.25, 0.3) is 0 Å². The average molecular weight is 256 g/mol. The highest BCUT2D eigenvalue weighted by molar-refractivity contribution is 4.61. The number of rotatable bonds is 12. The minimum atomic E-state index is 0.524. The average Bonchev–Trinajstić information content (AvgIpc) is 2.29. The molecule has 1 nitrogen and oxygen atoms in total. The molecule has 0 aliphatic carbocycles. The van der Waals surface area contributed by atoms with E-state index >= 15 is 0 Å².